The molecule has 0 aliphatic carbocycles. The number of carboxylic acids is 1. The summed E-state index contributed by atoms with van der Waals surface area (Å²) >= 11 is 0. The molecular weight excluding hydrogens is 426 g/mol. The number of nitrogens with one attached hydrogen (secondary N) is 1. The van der Waals surface area contributed by atoms with Gasteiger partial charge < -0.3 is 14.8 Å². The summed E-state index contributed by atoms with van der Waals surface area (Å²) in [7, 11) is 0. The molecule has 0 saturated heterocycles. The number of carboxylic acid groups (broad SMARTS) is 1. The van der Waals surface area contributed by atoms with Crippen molar-refractivity contribution in [3.63, 3.8) is 0 Å². The number of aliphatic carboxylic acids is 1. The molecule has 7 heteroatoms. The molecule has 1 aromatic heterocycles. The molecule has 0 radical (unpaired) electrons. The minimum Gasteiger partial charge on any atom is -0.480 e. The molecule has 4 rings (SSSR count). The van der Waals surface area contributed by atoms with Gasteiger partial charge in [0.15, 0.2) is 0 Å². The van der Waals surface area contributed by atoms with E-state index in [1.165, 1.54) is 0 Å². The van der Waals surface area contributed by atoms with Crippen molar-refractivity contribution in [3.05, 3.63) is 83.9 Å². The van der Waals surface area contributed by atoms with Crippen LogP contribution in [0.3, 0.4) is 0 Å². The Morgan fingerprint density at radius 2 is 1.59 bits per heavy atom. The van der Waals surface area contributed by atoms with E-state index in [1.807, 2.05) is 54.6 Å². The average Bonchev–Trinajstić information content (AvgIpc) is 3.28. The summed E-state index contributed by atoms with van der Waals surface area (Å²) < 4.78 is 6.01. The Morgan fingerprint density at radius 1 is 0.938 bits per heavy atom. The quantitative estimate of drug-likeness (QED) is 0.394. The molecular formula is C25H24ClN3O3. The van der Waals surface area contributed by atoms with Gasteiger partial charge in [0.05, 0.1) is 0 Å². The maximum Gasteiger partial charge on any atom is 0.320 e. The number of rotatable bonds is 7. The van der Waals surface area contributed by atoms with E-state index >= 15 is 0 Å². The number of aromatic nitrogens is 2. The molecule has 1 heterocycles. The van der Waals surface area contributed by atoms with Crippen LogP contribution in [0, 0.1) is 6.92 Å². The van der Waals surface area contributed by atoms with Crippen molar-refractivity contribution < 1.29 is 14.3 Å². The fourth-order valence-corrected chi connectivity index (χ4v) is 3.42. The summed E-state index contributed by atoms with van der Waals surface area (Å²) in [6.07, 6.45) is 0. The summed E-state index contributed by atoms with van der Waals surface area (Å²) in [5.74, 6) is 0.00626. The Kier molecular flexibility index (Phi) is 7.41. The molecule has 3 aromatic carbocycles. The van der Waals surface area contributed by atoms with E-state index in [0.29, 0.717) is 18.3 Å². The van der Waals surface area contributed by atoms with E-state index in [0.717, 1.165) is 33.4 Å². The van der Waals surface area contributed by atoms with Crippen LogP contribution in [0.15, 0.2) is 77.2 Å². The van der Waals surface area contributed by atoms with Crippen molar-refractivity contribution in [1.82, 2.24) is 15.5 Å². The first-order valence-electron chi connectivity index (χ1n) is 10.1. The molecule has 1 unspecified atom stereocenters. The SMILES string of the molecule is Cc1c(-c2ccccc2)cccc1-c1nnc(-c2cccc(CNC(C)C(=O)O)c2)o1.Cl. The summed E-state index contributed by atoms with van der Waals surface area (Å²) in [6.45, 7) is 4.10. The molecule has 0 saturated carbocycles. The average molecular weight is 450 g/mol. The van der Waals surface area contributed by atoms with Crippen LogP contribution in [0.5, 0.6) is 0 Å². The topological polar surface area (TPSA) is 88.2 Å². The lowest BCUT2D eigenvalue weighted by Gasteiger charge is -2.09. The molecule has 2 N–H and O–H groups in total. The molecule has 32 heavy (non-hydrogen) atoms. The first kappa shape index (κ1) is 23.2. The second-order valence-corrected chi connectivity index (χ2v) is 7.40. The number of hydrogen-bond donors (Lipinski definition) is 2. The standard InChI is InChI=1S/C25H23N3O3.ClH/c1-16-21(19-9-4-3-5-10-19)12-7-13-22(16)24-28-27-23(31-24)20-11-6-8-18(14-20)15-26-17(2)25(29)30;/h3-14,17,26H,15H2,1-2H3,(H,29,30);1H. The largest absolute Gasteiger partial charge is 0.480 e. The first-order chi connectivity index (χ1) is 15.0. The highest BCUT2D eigenvalue weighted by molar-refractivity contribution is 5.85. The molecule has 1 atom stereocenters. The predicted molar refractivity (Wildman–Crippen MR) is 127 cm³/mol. The van der Waals surface area contributed by atoms with Crippen LogP contribution in [-0.4, -0.2) is 27.3 Å². The fourth-order valence-electron chi connectivity index (χ4n) is 3.42. The van der Waals surface area contributed by atoms with Gasteiger partial charge in [-0.3, -0.25) is 4.79 Å². The molecule has 4 aromatic rings. The Balaban J connectivity index is 0.00000289. The summed E-state index contributed by atoms with van der Waals surface area (Å²) in [5.41, 5.74) is 5.96. The van der Waals surface area contributed by atoms with Gasteiger partial charge in [0.2, 0.25) is 11.8 Å². The van der Waals surface area contributed by atoms with Crippen molar-refractivity contribution in [2.75, 3.05) is 0 Å². The number of halogens is 1. The van der Waals surface area contributed by atoms with Crippen molar-refractivity contribution in [3.8, 4) is 34.0 Å². The van der Waals surface area contributed by atoms with E-state index in [1.54, 1.807) is 6.92 Å². The van der Waals surface area contributed by atoms with Crippen LogP contribution in [0.25, 0.3) is 34.0 Å². The van der Waals surface area contributed by atoms with Crippen LogP contribution < -0.4 is 5.32 Å². The van der Waals surface area contributed by atoms with Crippen molar-refractivity contribution in [1.29, 1.82) is 0 Å². The highest BCUT2D eigenvalue weighted by Gasteiger charge is 2.15. The molecule has 0 aliphatic heterocycles. The summed E-state index contributed by atoms with van der Waals surface area (Å²) in [5, 5.41) is 20.5. The molecule has 0 fully saturated rings. The zero-order chi connectivity index (χ0) is 21.8. The van der Waals surface area contributed by atoms with Gasteiger partial charge in [-0.25, -0.2) is 0 Å². The Morgan fingerprint density at radius 3 is 2.34 bits per heavy atom. The third-order valence-electron chi connectivity index (χ3n) is 5.23. The molecule has 6 nitrogen and oxygen atoms in total. The summed E-state index contributed by atoms with van der Waals surface area (Å²) in [6, 6.07) is 23.3. The Hall–Kier alpha value is -3.48. The van der Waals surface area contributed by atoms with E-state index in [-0.39, 0.29) is 12.4 Å². The smallest absolute Gasteiger partial charge is 0.320 e. The minimum absolute atomic E-state index is 0. The highest BCUT2D eigenvalue weighted by atomic mass is 35.5. The fraction of sp³-hybridized carbons (Fsp3) is 0.160. The van der Waals surface area contributed by atoms with Gasteiger partial charge in [0, 0.05) is 17.7 Å². The predicted octanol–water partition coefficient (Wildman–Crippen LogP) is 5.36. The Bertz CT molecular complexity index is 1210. The maximum atomic E-state index is 11.0. The second kappa shape index (κ2) is 10.2. The van der Waals surface area contributed by atoms with Gasteiger partial charge in [-0.2, -0.15) is 0 Å². The summed E-state index contributed by atoms with van der Waals surface area (Å²) in [4.78, 5) is 11.0. The zero-order valence-electron chi connectivity index (χ0n) is 17.8. The van der Waals surface area contributed by atoms with Crippen LogP contribution in [0.2, 0.25) is 0 Å². The van der Waals surface area contributed by atoms with Crippen LogP contribution in [0.1, 0.15) is 18.1 Å². The van der Waals surface area contributed by atoms with E-state index in [2.05, 4.69) is 40.6 Å². The van der Waals surface area contributed by atoms with Crippen LogP contribution in [0.4, 0.5) is 0 Å². The molecule has 0 spiro atoms. The first-order valence-corrected chi connectivity index (χ1v) is 10.1. The maximum absolute atomic E-state index is 11.0. The molecule has 0 bridgehead atoms. The second-order valence-electron chi connectivity index (χ2n) is 7.40. The third-order valence-corrected chi connectivity index (χ3v) is 5.23. The van der Waals surface area contributed by atoms with Gasteiger partial charge in [-0.05, 0) is 54.3 Å². The number of nitrogens with zero attached hydrogens (tertiary/aromatic N) is 2. The molecule has 0 amide bonds. The van der Waals surface area contributed by atoms with Gasteiger partial charge in [-0.1, -0.05) is 54.6 Å². The van der Waals surface area contributed by atoms with Crippen molar-refractivity contribution in [2.24, 2.45) is 0 Å². The highest BCUT2D eigenvalue weighted by Crippen LogP contribution is 2.32. The van der Waals surface area contributed by atoms with Crippen LogP contribution >= 0.6 is 12.4 Å². The van der Waals surface area contributed by atoms with Gasteiger partial charge in [0.1, 0.15) is 6.04 Å². The molecule has 164 valence electrons. The van der Waals surface area contributed by atoms with E-state index in [4.69, 9.17) is 9.52 Å². The van der Waals surface area contributed by atoms with Crippen molar-refractivity contribution in [2.45, 2.75) is 26.4 Å². The Labute approximate surface area is 192 Å². The molecule has 0 aliphatic rings. The number of benzene rings is 3. The lowest BCUT2D eigenvalue weighted by atomic mass is 9.96. The van der Waals surface area contributed by atoms with E-state index < -0.39 is 12.0 Å². The van der Waals surface area contributed by atoms with Crippen molar-refractivity contribution >= 4 is 18.4 Å². The number of carbonyl (C=O) groups is 1. The zero-order valence-corrected chi connectivity index (χ0v) is 18.6. The van der Waals surface area contributed by atoms with Crippen LogP contribution in [-0.2, 0) is 11.3 Å². The van der Waals surface area contributed by atoms with Gasteiger partial charge >= 0.3 is 5.97 Å². The monoisotopic (exact) mass is 449 g/mol. The van der Waals surface area contributed by atoms with E-state index in [9.17, 15) is 4.79 Å². The third kappa shape index (κ3) is 5.04. The van der Waals surface area contributed by atoms with Gasteiger partial charge in [-0.15, -0.1) is 22.6 Å². The lowest BCUT2D eigenvalue weighted by molar-refractivity contribution is -0.139. The normalized spacial score (nSPS) is 11.6. The number of hydrogen-bond acceptors (Lipinski definition) is 5. The van der Waals surface area contributed by atoms with Gasteiger partial charge in [0.25, 0.3) is 0 Å². The minimum atomic E-state index is -0.884. The lowest BCUT2D eigenvalue weighted by Crippen LogP contribution is -2.33.